The lowest BCUT2D eigenvalue weighted by atomic mass is 10.1. The summed E-state index contributed by atoms with van der Waals surface area (Å²) in [5.74, 6) is 0.636. The standard InChI is InChI=1S/C16H20F3NOS/c1-2-3-4-9-14(21)20-10-11-22-15(20)12-7-5-6-8-13(12)16(17,18)19/h5-8,15H,2-4,9-11H2,1H3. The van der Waals surface area contributed by atoms with Crippen molar-refractivity contribution in [1.29, 1.82) is 0 Å². The van der Waals surface area contributed by atoms with Crippen molar-refractivity contribution in [2.45, 2.75) is 44.2 Å². The summed E-state index contributed by atoms with van der Waals surface area (Å²) in [4.78, 5) is 13.9. The summed E-state index contributed by atoms with van der Waals surface area (Å²) < 4.78 is 39.5. The fourth-order valence-electron chi connectivity index (χ4n) is 2.62. The first-order chi connectivity index (χ1) is 10.4. The quantitative estimate of drug-likeness (QED) is 0.718. The lowest BCUT2D eigenvalue weighted by Crippen LogP contribution is -2.31. The molecule has 1 saturated heterocycles. The van der Waals surface area contributed by atoms with E-state index in [1.54, 1.807) is 11.0 Å². The summed E-state index contributed by atoms with van der Waals surface area (Å²) in [5.41, 5.74) is -0.443. The predicted octanol–water partition coefficient (Wildman–Crippen LogP) is 4.86. The Hall–Kier alpha value is -1.17. The molecule has 0 aliphatic carbocycles. The number of hydrogen-bond donors (Lipinski definition) is 0. The van der Waals surface area contributed by atoms with Crippen LogP contribution in [-0.4, -0.2) is 23.1 Å². The van der Waals surface area contributed by atoms with E-state index < -0.39 is 17.1 Å². The first-order valence-corrected chi connectivity index (χ1v) is 8.57. The summed E-state index contributed by atoms with van der Waals surface area (Å²) in [6, 6.07) is 5.56. The Balaban J connectivity index is 2.19. The van der Waals surface area contributed by atoms with Crippen LogP contribution in [0.2, 0.25) is 0 Å². The highest BCUT2D eigenvalue weighted by Crippen LogP contribution is 2.43. The van der Waals surface area contributed by atoms with E-state index in [-0.39, 0.29) is 11.5 Å². The average molecular weight is 331 g/mol. The van der Waals surface area contributed by atoms with Gasteiger partial charge in [0.15, 0.2) is 0 Å². The van der Waals surface area contributed by atoms with Gasteiger partial charge in [0.2, 0.25) is 5.91 Å². The zero-order valence-electron chi connectivity index (χ0n) is 12.5. The highest BCUT2D eigenvalue weighted by atomic mass is 32.2. The number of benzene rings is 1. The second kappa shape index (κ2) is 7.40. The van der Waals surface area contributed by atoms with E-state index in [0.29, 0.717) is 18.7 Å². The molecule has 0 radical (unpaired) electrons. The number of alkyl halides is 3. The summed E-state index contributed by atoms with van der Waals surface area (Å²) in [6.07, 6.45) is -1.20. The van der Waals surface area contributed by atoms with Crippen molar-refractivity contribution in [1.82, 2.24) is 4.90 Å². The van der Waals surface area contributed by atoms with Gasteiger partial charge in [0.25, 0.3) is 0 Å². The van der Waals surface area contributed by atoms with E-state index in [4.69, 9.17) is 0 Å². The Bertz CT molecular complexity index is 518. The van der Waals surface area contributed by atoms with Gasteiger partial charge in [-0.1, -0.05) is 38.0 Å². The summed E-state index contributed by atoms with van der Waals surface area (Å²) >= 11 is 1.41. The minimum absolute atomic E-state index is 0.0413. The van der Waals surface area contributed by atoms with E-state index in [1.165, 1.54) is 23.9 Å². The molecule has 0 aromatic heterocycles. The fraction of sp³-hybridized carbons (Fsp3) is 0.562. The van der Waals surface area contributed by atoms with Crippen molar-refractivity contribution in [3.63, 3.8) is 0 Å². The van der Waals surface area contributed by atoms with Crippen molar-refractivity contribution < 1.29 is 18.0 Å². The zero-order chi connectivity index (χ0) is 16.2. The molecular weight excluding hydrogens is 311 g/mol. The van der Waals surface area contributed by atoms with Crippen LogP contribution in [0, 0.1) is 0 Å². The Morgan fingerprint density at radius 3 is 2.73 bits per heavy atom. The molecule has 122 valence electrons. The molecule has 2 nitrogen and oxygen atoms in total. The van der Waals surface area contributed by atoms with Gasteiger partial charge in [-0.2, -0.15) is 13.2 Å². The lowest BCUT2D eigenvalue weighted by Gasteiger charge is -2.26. The van der Waals surface area contributed by atoms with Crippen LogP contribution in [0.1, 0.15) is 49.1 Å². The number of rotatable bonds is 5. The van der Waals surface area contributed by atoms with E-state index in [1.807, 2.05) is 0 Å². The summed E-state index contributed by atoms with van der Waals surface area (Å²) in [5, 5.41) is -0.521. The monoisotopic (exact) mass is 331 g/mol. The van der Waals surface area contributed by atoms with Crippen molar-refractivity contribution in [2.75, 3.05) is 12.3 Å². The molecule has 1 aliphatic rings. The lowest BCUT2D eigenvalue weighted by molar-refractivity contribution is -0.139. The maximum absolute atomic E-state index is 13.2. The minimum Gasteiger partial charge on any atom is -0.326 e. The molecule has 0 saturated carbocycles. The highest BCUT2D eigenvalue weighted by molar-refractivity contribution is 7.99. The number of amides is 1. The second-order valence-electron chi connectivity index (χ2n) is 5.35. The van der Waals surface area contributed by atoms with Crippen molar-refractivity contribution in [3.05, 3.63) is 35.4 Å². The van der Waals surface area contributed by atoms with Gasteiger partial charge in [0, 0.05) is 18.7 Å². The van der Waals surface area contributed by atoms with Gasteiger partial charge in [0.1, 0.15) is 5.37 Å². The Morgan fingerprint density at radius 1 is 1.32 bits per heavy atom. The van der Waals surface area contributed by atoms with Crippen LogP contribution in [0.5, 0.6) is 0 Å². The molecule has 1 aliphatic heterocycles. The molecule has 1 unspecified atom stereocenters. The summed E-state index contributed by atoms with van der Waals surface area (Å²) in [6.45, 7) is 2.57. The molecule has 1 atom stereocenters. The Kier molecular flexibility index (Phi) is 5.78. The molecule has 6 heteroatoms. The topological polar surface area (TPSA) is 20.3 Å². The third-order valence-electron chi connectivity index (χ3n) is 3.74. The number of unbranched alkanes of at least 4 members (excludes halogenated alkanes) is 2. The third-order valence-corrected chi connectivity index (χ3v) is 4.98. The first kappa shape index (κ1) is 17.2. The minimum atomic E-state index is -4.39. The van der Waals surface area contributed by atoms with Crippen LogP contribution < -0.4 is 0 Å². The SMILES string of the molecule is CCCCCC(=O)N1CCSC1c1ccccc1C(F)(F)F. The highest BCUT2D eigenvalue weighted by Gasteiger charge is 2.39. The number of thioether (sulfide) groups is 1. The van der Waals surface area contributed by atoms with Gasteiger partial charge in [-0.15, -0.1) is 11.8 Å². The normalized spacial score (nSPS) is 18.7. The molecule has 1 aromatic rings. The molecule has 1 heterocycles. The first-order valence-electron chi connectivity index (χ1n) is 7.52. The average Bonchev–Trinajstić information content (AvgIpc) is 2.96. The van der Waals surface area contributed by atoms with Crippen LogP contribution in [0.15, 0.2) is 24.3 Å². The number of hydrogen-bond acceptors (Lipinski definition) is 2. The van der Waals surface area contributed by atoms with Crippen LogP contribution >= 0.6 is 11.8 Å². The van der Waals surface area contributed by atoms with Gasteiger partial charge in [-0.05, 0) is 18.1 Å². The van der Waals surface area contributed by atoms with Gasteiger partial charge >= 0.3 is 6.18 Å². The number of nitrogens with zero attached hydrogens (tertiary/aromatic N) is 1. The maximum Gasteiger partial charge on any atom is 0.416 e. The van der Waals surface area contributed by atoms with Gasteiger partial charge in [0.05, 0.1) is 5.56 Å². The summed E-state index contributed by atoms with van der Waals surface area (Å²) in [7, 11) is 0. The molecule has 1 aromatic carbocycles. The molecular formula is C16H20F3NOS. The fourth-order valence-corrected chi connectivity index (χ4v) is 3.94. The number of carbonyl (C=O) groups is 1. The van der Waals surface area contributed by atoms with E-state index in [2.05, 4.69) is 6.92 Å². The molecule has 0 spiro atoms. The van der Waals surface area contributed by atoms with Crippen LogP contribution in [-0.2, 0) is 11.0 Å². The van der Waals surface area contributed by atoms with Crippen molar-refractivity contribution >= 4 is 17.7 Å². The van der Waals surface area contributed by atoms with Crippen molar-refractivity contribution in [2.24, 2.45) is 0 Å². The molecule has 0 N–H and O–H groups in total. The third kappa shape index (κ3) is 3.97. The maximum atomic E-state index is 13.2. The zero-order valence-corrected chi connectivity index (χ0v) is 13.3. The smallest absolute Gasteiger partial charge is 0.326 e. The largest absolute Gasteiger partial charge is 0.416 e. The molecule has 1 amide bonds. The number of carbonyl (C=O) groups excluding carboxylic acids is 1. The van der Waals surface area contributed by atoms with Crippen LogP contribution in [0.4, 0.5) is 13.2 Å². The molecule has 2 rings (SSSR count). The number of halogens is 3. The van der Waals surface area contributed by atoms with E-state index in [0.717, 1.165) is 25.3 Å². The van der Waals surface area contributed by atoms with Gasteiger partial charge in [-0.3, -0.25) is 4.79 Å². The molecule has 1 fully saturated rings. The van der Waals surface area contributed by atoms with Crippen molar-refractivity contribution in [3.8, 4) is 0 Å². The van der Waals surface area contributed by atoms with Crippen LogP contribution in [0.25, 0.3) is 0 Å². The van der Waals surface area contributed by atoms with Crippen LogP contribution in [0.3, 0.4) is 0 Å². The van der Waals surface area contributed by atoms with E-state index >= 15 is 0 Å². The molecule has 0 bridgehead atoms. The Morgan fingerprint density at radius 2 is 2.05 bits per heavy atom. The van der Waals surface area contributed by atoms with Gasteiger partial charge in [-0.25, -0.2) is 0 Å². The molecule has 22 heavy (non-hydrogen) atoms. The predicted molar refractivity (Wildman–Crippen MR) is 82.5 cm³/mol. The Labute approximate surface area is 133 Å². The van der Waals surface area contributed by atoms with E-state index in [9.17, 15) is 18.0 Å². The van der Waals surface area contributed by atoms with Gasteiger partial charge < -0.3 is 4.90 Å². The second-order valence-corrected chi connectivity index (χ2v) is 6.54.